The van der Waals surface area contributed by atoms with Crippen molar-refractivity contribution in [2.75, 3.05) is 51.3 Å². The van der Waals surface area contributed by atoms with Crippen LogP contribution in [0.2, 0.25) is 0 Å². The maximum absolute atomic E-state index is 12.3. The van der Waals surface area contributed by atoms with Crippen molar-refractivity contribution in [2.45, 2.75) is 33.2 Å². The van der Waals surface area contributed by atoms with Crippen molar-refractivity contribution in [3.8, 4) is 0 Å². The van der Waals surface area contributed by atoms with Gasteiger partial charge in [-0.3, -0.25) is 19.3 Å². The lowest BCUT2D eigenvalue weighted by atomic mass is 10.1. The molecular formula is C17H31N5O2. The molecule has 1 aromatic rings. The van der Waals surface area contributed by atoms with Crippen LogP contribution in [-0.2, 0) is 16.6 Å². The molecule has 1 atom stereocenters. The van der Waals surface area contributed by atoms with E-state index < -0.39 is 0 Å². The minimum Gasteiger partial charge on any atom is -0.380 e. The highest BCUT2D eigenvalue weighted by Crippen LogP contribution is 2.13. The van der Waals surface area contributed by atoms with Gasteiger partial charge in [0.25, 0.3) is 0 Å². The average molecular weight is 337 g/mol. The Morgan fingerprint density at radius 2 is 2.21 bits per heavy atom. The van der Waals surface area contributed by atoms with Crippen molar-refractivity contribution in [3.63, 3.8) is 0 Å². The third-order valence-electron chi connectivity index (χ3n) is 4.52. The van der Waals surface area contributed by atoms with Gasteiger partial charge in [-0.2, -0.15) is 5.10 Å². The van der Waals surface area contributed by atoms with Crippen LogP contribution in [0.25, 0.3) is 0 Å². The molecule has 1 N–H and O–H groups in total. The molecule has 2 heterocycles. The third-order valence-corrected chi connectivity index (χ3v) is 4.52. The van der Waals surface area contributed by atoms with Crippen LogP contribution in [0.5, 0.6) is 0 Å². The fraction of sp³-hybridized carbons (Fsp3) is 0.765. The molecule has 0 spiro atoms. The van der Waals surface area contributed by atoms with Gasteiger partial charge in [0, 0.05) is 51.9 Å². The molecule has 0 saturated carbocycles. The highest BCUT2D eigenvalue weighted by molar-refractivity contribution is 5.91. The van der Waals surface area contributed by atoms with Crippen LogP contribution >= 0.6 is 0 Å². The predicted octanol–water partition coefficient (Wildman–Crippen LogP) is 1.10. The minimum atomic E-state index is 0.0237. The Bertz CT molecular complexity index is 531. The van der Waals surface area contributed by atoms with Crippen molar-refractivity contribution >= 4 is 11.7 Å². The van der Waals surface area contributed by atoms with Crippen LogP contribution in [0, 0.1) is 6.92 Å². The van der Waals surface area contributed by atoms with Gasteiger partial charge in [0.2, 0.25) is 5.91 Å². The Morgan fingerprint density at radius 3 is 2.83 bits per heavy atom. The summed E-state index contributed by atoms with van der Waals surface area (Å²) in [7, 11) is 1.84. The summed E-state index contributed by atoms with van der Waals surface area (Å²) in [6.45, 7) is 11.9. The number of nitrogens with zero attached hydrogens (tertiary/aromatic N) is 4. The number of carbonyl (C=O) groups is 1. The van der Waals surface area contributed by atoms with E-state index in [0.29, 0.717) is 12.6 Å². The molecule has 0 aromatic carbocycles. The molecule has 1 saturated heterocycles. The summed E-state index contributed by atoms with van der Waals surface area (Å²) in [4.78, 5) is 17.0. The first kappa shape index (κ1) is 18.9. The number of hydrogen-bond donors (Lipinski definition) is 1. The molecule has 1 aromatic heterocycles. The van der Waals surface area contributed by atoms with Gasteiger partial charge in [-0.1, -0.05) is 6.92 Å². The van der Waals surface area contributed by atoms with Gasteiger partial charge in [0.05, 0.1) is 18.8 Å². The Balaban J connectivity index is 1.81. The summed E-state index contributed by atoms with van der Waals surface area (Å²) in [6, 6.07) is 2.38. The predicted molar refractivity (Wildman–Crippen MR) is 95.2 cm³/mol. The van der Waals surface area contributed by atoms with Gasteiger partial charge >= 0.3 is 0 Å². The molecule has 2 rings (SSSR count). The maximum Gasteiger partial charge on any atom is 0.239 e. The summed E-state index contributed by atoms with van der Waals surface area (Å²) < 4.78 is 7.17. The third kappa shape index (κ3) is 5.29. The number of carbonyl (C=O) groups excluding carboxylic acids is 1. The first-order chi connectivity index (χ1) is 11.5. The molecule has 136 valence electrons. The van der Waals surface area contributed by atoms with Crippen molar-refractivity contribution < 1.29 is 9.53 Å². The van der Waals surface area contributed by atoms with Crippen LogP contribution in [0.15, 0.2) is 6.07 Å². The van der Waals surface area contributed by atoms with E-state index in [4.69, 9.17) is 4.74 Å². The van der Waals surface area contributed by atoms with Gasteiger partial charge in [0.1, 0.15) is 5.82 Å². The molecule has 7 heteroatoms. The summed E-state index contributed by atoms with van der Waals surface area (Å²) in [5.74, 6) is 0.774. The van der Waals surface area contributed by atoms with Crippen molar-refractivity contribution in [2.24, 2.45) is 7.05 Å². The standard InChI is InChI=1S/C17H31N5O2/c1-5-15-12-21(7-8-22(15)9-10-24-6-2)13-17(23)18-16-11-14(3)19-20(16)4/h11,15H,5-10,12-13H2,1-4H3,(H,18,23). The van der Waals surface area contributed by atoms with Gasteiger partial charge < -0.3 is 10.1 Å². The van der Waals surface area contributed by atoms with Gasteiger partial charge in [0.15, 0.2) is 0 Å². The number of anilines is 1. The normalized spacial score (nSPS) is 19.6. The van der Waals surface area contributed by atoms with Crippen LogP contribution in [0.1, 0.15) is 26.0 Å². The molecule has 0 bridgehead atoms. The molecule has 1 aliphatic heterocycles. The van der Waals surface area contributed by atoms with E-state index in [2.05, 4.69) is 27.1 Å². The van der Waals surface area contributed by atoms with E-state index in [1.54, 1.807) is 4.68 Å². The zero-order valence-electron chi connectivity index (χ0n) is 15.4. The molecular weight excluding hydrogens is 306 g/mol. The highest BCUT2D eigenvalue weighted by Gasteiger charge is 2.26. The zero-order valence-corrected chi connectivity index (χ0v) is 15.4. The van der Waals surface area contributed by atoms with Crippen molar-refractivity contribution in [1.82, 2.24) is 19.6 Å². The largest absolute Gasteiger partial charge is 0.380 e. The maximum atomic E-state index is 12.3. The Labute approximate surface area is 144 Å². The molecule has 24 heavy (non-hydrogen) atoms. The number of piperazine rings is 1. The Hall–Kier alpha value is -1.44. The minimum absolute atomic E-state index is 0.0237. The van der Waals surface area contributed by atoms with E-state index in [-0.39, 0.29) is 5.91 Å². The zero-order chi connectivity index (χ0) is 17.5. The number of ether oxygens (including phenoxy) is 1. The summed E-state index contributed by atoms with van der Waals surface area (Å²) in [6.07, 6.45) is 1.09. The molecule has 0 aliphatic carbocycles. The summed E-state index contributed by atoms with van der Waals surface area (Å²) in [5, 5.41) is 7.20. The lowest BCUT2D eigenvalue weighted by molar-refractivity contribution is -0.118. The quantitative estimate of drug-likeness (QED) is 0.720. The summed E-state index contributed by atoms with van der Waals surface area (Å²) >= 11 is 0. The first-order valence-electron chi connectivity index (χ1n) is 8.88. The second-order valence-electron chi connectivity index (χ2n) is 6.37. The lowest BCUT2D eigenvalue weighted by Gasteiger charge is -2.40. The molecule has 1 aliphatic rings. The second kappa shape index (κ2) is 9.15. The van der Waals surface area contributed by atoms with Crippen LogP contribution in [0.4, 0.5) is 5.82 Å². The van der Waals surface area contributed by atoms with E-state index in [1.807, 2.05) is 27.0 Å². The smallest absolute Gasteiger partial charge is 0.239 e. The summed E-state index contributed by atoms with van der Waals surface area (Å²) in [5.41, 5.74) is 0.904. The number of hydrogen-bond acceptors (Lipinski definition) is 5. The van der Waals surface area contributed by atoms with Crippen LogP contribution in [0.3, 0.4) is 0 Å². The van der Waals surface area contributed by atoms with E-state index in [1.165, 1.54) is 0 Å². The fourth-order valence-corrected chi connectivity index (χ4v) is 3.22. The average Bonchev–Trinajstić information content (AvgIpc) is 2.86. The monoisotopic (exact) mass is 337 g/mol. The number of aryl methyl sites for hydroxylation is 2. The molecule has 1 amide bonds. The number of amides is 1. The fourth-order valence-electron chi connectivity index (χ4n) is 3.22. The second-order valence-corrected chi connectivity index (χ2v) is 6.37. The van der Waals surface area contributed by atoms with E-state index >= 15 is 0 Å². The molecule has 7 nitrogen and oxygen atoms in total. The Morgan fingerprint density at radius 1 is 1.42 bits per heavy atom. The van der Waals surface area contributed by atoms with Gasteiger partial charge in [-0.25, -0.2) is 0 Å². The molecule has 1 unspecified atom stereocenters. The molecule has 1 fully saturated rings. The number of aromatic nitrogens is 2. The van der Waals surface area contributed by atoms with Crippen LogP contribution in [-0.4, -0.2) is 77.5 Å². The first-order valence-corrected chi connectivity index (χ1v) is 8.88. The lowest BCUT2D eigenvalue weighted by Crippen LogP contribution is -2.55. The highest BCUT2D eigenvalue weighted by atomic mass is 16.5. The van der Waals surface area contributed by atoms with Crippen LogP contribution < -0.4 is 5.32 Å². The SMILES string of the molecule is CCOCCN1CCN(CC(=O)Nc2cc(C)nn2C)CC1CC. The molecule has 0 radical (unpaired) electrons. The van der Waals surface area contributed by atoms with E-state index in [9.17, 15) is 4.79 Å². The number of rotatable bonds is 8. The Kier molecular flexibility index (Phi) is 7.20. The topological polar surface area (TPSA) is 62.6 Å². The van der Waals surface area contributed by atoms with Gasteiger partial charge in [-0.05, 0) is 20.3 Å². The van der Waals surface area contributed by atoms with Gasteiger partial charge in [-0.15, -0.1) is 0 Å². The van der Waals surface area contributed by atoms with Crippen molar-refractivity contribution in [1.29, 1.82) is 0 Å². The van der Waals surface area contributed by atoms with E-state index in [0.717, 1.165) is 57.3 Å². The van der Waals surface area contributed by atoms with Crippen molar-refractivity contribution in [3.05, 3.63) is 11.8 Å². The number of nitrogens with one attached hydrogen (secondary N) is 1.